The van der Waals surface area contributed by atoms with Gasteiger partial charge in [-0.15, -0.1) is 0 Å². The molecule has 0 saturated carbocycles. The van der Waals surface area contributed by atoms with Gasteiger partial charge in [-0.05, 0) is 57.9 Å². The lowest BCUT2D eigenvalue weighted by Crippen LogP contribution is -2.60. The number of fused-ring (bicyclic) bond motifs is 1. The average Bonchev–Trinajstić information content (AvgIpc) is 2.79. The second-order valence-corrected chi connectivity index (χ2v) is 12.2. The Balaban J connectivity index is 1.69. The van der Waals surface area contributed by atoms with E-state index in [2.05, 4.69) is 24.1 Å². The molecule has 8 nitrogen and oxygen atoms in total. The average molecular weight is 510 g/mol. The fourth-order valence-electron chi connectivity index (χ4n) is 4.56. The molecule has 0 unspecified atom stereocenters. The number of aliphatic imine (C=N–C) groups is 1. The number of halogens is 3. The van der Waals surface area contributed by atoms with Crippen molar-refractivity contribution in [1.29, 1.82) is 0 Å². The molecule has 4 heterocycles. The van der Waals surface area contributed by atoms with Crippen LogP contribution < -0.4 is 10.5 Å². The quantitative estimate of drug-likeness (QED) is 0.594. The number of pyridine rings is 2. The summed E-state index contributed by atoms with van der Waals surface area (Å²) in [6.45, 7) is 2.55. The van der Waals surface area contributed by atoms with E-state index < -0.39 is 43.5 Å². The minimum absolute atomic E-state index is 0.0151. The molecule has 35 heavy (non-hydrogen) atoms. The van der Waals surface area contributed by atoms with Crippen LogP contribution >= 0.6 is 0 Å². The maximum atomic E-state index is 15.1. The van der Waals surface area contributed by atoms with Gasteiger partial charge >= 0.3 is 6.61 Å². The third kappa shape index (κ3) is 4.28. The first-order valence-electron chi connectivity index (χ1n) is 11.1. The number of hydrogen-bond acceptors (Lipinski definition) is 8. The summed E-state index contributed by atoms with van der Waals surface area (Å²) in [7, 11) is -2.90. The Morgan fingerprint density at radius 2 is 2.00 bits per heavy atom. The number of carbonyl (C=O) groups excluding carboxylic acids is 1. The third-order valence-corrected chi connectivity index (χ3v) is 10.3. The molecule has 0 fully saturated rings. The van der Waals surface area contributed by atoms with Crippen molar-refractivity contribution >= 4 is 21.3 Å². The zero-order valence-corrected chi connectivity index (χ0v) is 20.3. The number of aromatic nitrogens is 2. The summed E-state index contributed by atoms with van der Waals surface area (Å²) in [4.78, 5) is 25.6. The van der Waals surface area contributed by atoms with E-state index in [0.29, 0.717) is 19.4 Å². The number of ketones is 1. The molecular weight excluding hydrogens is 483 g/mol. The van der Waals surface area contributed by atoms with Crippen LogP contribution in [0.5, 0.6) is 5.75 Å². The van der Waals surface area contributed by atoms with Crippen molar-refractivity contribution in [3.63, 3.8) is 0 Å². The predicted molar refractivity (Wildman–Crippen MR) is 125 cm³/mol. The van der Waals surface area contributed by atoms with Crippen LogP contribution in [0.15, 0.2) is 39.8 Å². The predicted octanol–water partition coefficient (Wildman–Crippen LogP) is 3.64. The van der Waals surface area contributed by atoms with Gasteiger partial charge in [0.2, 0.25) is 0 Å². The van der Waals surface area contributed by atoms with Gasteiger partial charge < -0.3 is 10.5 Å². The van der Waals surface area contributed by atoms with Crippen molar-refractivity contribution in [1.82, 2.24) is 9.97 Å². The topological polar surface area (TPSA) is 120 Å². The summed E-state index contributed by atoms with van der Waals surface area (Å²) in [5, 5.41) is -0.608. The minimum atomic E-state index is -3.00. The Kier molecular flexibility index (Phi) is 6.37. The number of alkyl halides is 2. The largest absolute Gasteiger partial charge is 0.433 e. The molecule has 2 aliphatic rings. The lowest BCUT2D eigenvalue weighted by molar-refractivity contribution is -0.0500. The van der Waals surface area contributed by atoms with Crippen LogP contribution in [0.3, 0.4) is 0 Å². The van der Waals surface area contributed by atoms with E-state index in [1.165, 1.54) is 24.3 Å². The molecule has 2 N–H and O–H groups in total. The van der Waals surface area contributed by atoms with Gasteiger partial charge in [-0.2, -0.15) is 8.78 Å². The van der Waals surface area contributed by atoms with Gasteiger partial charge in [0.05, 0.1) is 27.6 Å². The van der Waals surface area contributed by atoms with E-state index >= 15 is 4.39 Å². The van der Waals surface area contributed by atoms with E-state index in [1.807, 2.05) is 0 Å². The molecule has 0 spiro atoms. The van der Waals surface area contributed by atoms with E-state index in [-0.39, 0.29) is 35.1 Å². The van der Waals surface area contributed by atoms with Crippen molar-refractivity contribution < 1.29 is 26.9 Å². The highest BCUT2D eigenvalue weighted by molar-refractivity contribution is 7.96. The van der Waals surface area contributed by atoms with E-state index in [1.54, 1.807) is 20.8 Å². The molecule has 3 atom stereocenters. The van der Waals surface area contributed by atoms with Crippen molar-refractivity contribution in [3.8, 4) is 5.75 Å². The molecule has 0 saturated heterocycles. The summed E-state index contributed by atoms with van der Waals surface area (Å²) < 4.78 is 61.6. The highest BCUT2D eigenvalue weighted by atomic mass is 32.2. The number of rotatable bonds is 6. The molecule has 188 valence electrons. The van der Waals surface area contributed by atoms with Crippen LogP contribution in [0.4, 0.5) is 13.2 Å². The molecule has 2 aromatic heterocycles. The Hall–Kier alpha value is -3.02. The summed E-state index contributed by atoms with van der Waals surface area (Å²) in [5.41, 5.74) is 5.12. The first-order chi connectivity index (χ1) is 16.4. The molecule has 0 amide bonds. The molecule has 12 heteroatoms. The summed E-state index contributed by atoms with van der Waals surface area (Å²) >= 11 is 0. The van der Waals surface area contributed by atoms with Gasteiger partial charge in [-0.3, -0.25) is 14.8 Å². The minimum Gasteiger partial charge on any atom is -0.433 e. The first kappa shape index (κ1) is 25.1. The first-order valence-corrected chi connectivity index (χ1v) is 12.6. The van der Waals surface area contributed by atoms with Crippen LogP contribution in [-0.2, 0) is 21.7 Å². The molecular formula is C23H26F3N5O3S. The molecule has 0 radical (unpaired) electrons. The molecule has 4 rings (SSSR count). The maximum Gasteiger partial charge on any atom is 0.387 e. The van der Waals surface area contributed by atoms with Crippen molar-refractivity contribution in [2.24, 2.45) is 15.1 Å². The van der Waals surface area contributed by atoms with Crippen LogP contribution in [0.25, 0.3) is 0 Å². The molecule has 0 bridgehead atoms. The highest BCUT2D eigenvalue weighted by Crippen LogP contribution is 2.46. The van der Waals surface area contributed by atoms with Gasteiger partial charge in [0, 0.05) is 12.2 Å². The molecule has 2 aromatic rings. The monoisotopic (exact) mass is 509 g/mol. The summed E-state index contributed by atoms with van der Waals surface area (Å²) in [6.07, 6.45) is 1.99. The van der Waals surface area contributed by atoms with E-state index in [0.717, 1.165) is 6.20 Å². The number of amidine groups is 1. The Labute approximate surface area is 201 Å². The number of nitrogens with two attached hydrogens (primary N) is 1. The van der Waals surface area contributed by atoms with Crippen LogP contribution in [-0.4, -0.2) is 48.9 Å². The van der Waals surface area contributed by atoms with Crippen LogP contribution in [0.2, 0.25) is 0 Å². The SMILES string of the molecule is CC1(C)C(N)=N[C@](C)(c2nc(CC(=O)c3ccc(OC(F)F)cn3)ccc2F)[C@@H]2CCCN=[S@]21=O. The summed E-state index contributed by atoms with van der Waals surface area (Å²) in [5.74, 6) is -1.17. The van der Waals surface area contributed by atoms with Crippen molar-refractivity contribution in [2.45, 2.75) is 62.2 Å². The summed E-state index contributed by atoms with van der Waals surface area (Å²) in [6, 6.07) is 5.04. The van der Waals surface area contributed by atoms with Crippen LogP contribution in [0.1, 0.15) is 55.5 Å². The normalized spacial score (nSPS) is 27.5. The molecule has 0 aromatic carbocycles. The lowest BCUT2D eigenvalue weighted by atomic mass is 9.88. The van der Waals surface area contributed by atoms with Gasteiger partial charge in [-0.25, -0.2) is 17.9 Å². The molecule has 2 aliphatic heterocycles. The molecule has 0 aliphatic carbocycles. The van der Waals surface area contributed by atoms with Crippen LogP contribution in [0, 0.1) is 5.82 Å². The fourth-order valence-corrected chi connectivity index (χ4v) is 7.79. The smallest absolute Gasteiger partial charge is 0.387 e. The second-order valence-electron chi connectivity index (χ2n) is 9.20. The highest BCUT2D eigenvalue weighted by Gasteiger charge is 2.56. The lowest BCUT2D eigenvalue weighted by Gasteiger charge is -2.47. The standard InChI is InChI=1S/C23H26F3N5O3S/c1-22(2)20(27)31-23(3,18-5-4-10-29-35(18,22)33)19-15(24)8-6-13(30-19)11-17(32)16-9-7-14(12-28-16)34-21(25)26/h6-9,12,18,21H,4-5,10-11H2,1-3H3,(H2,27,31)/t18-,23-,35-/m0/s1. The third-order valence-electron chi connectivity index (χ3n) is 6.59. The fraction of sp³-hybridized carbons (Fsp3) is 0.478. The Morgan fingerprint density at radius 1 is 1.26 bits per heavy atom. The van der Waals surface area contributed by atoms with Gasteiger partial charge in [0.15, 0.2) is 5.78 Å². The number of hydrogen-bond donors (Lipinski definition) is 1. The van der Waals surface area contributed by atoms with Gasteiger partial charge in [0.1, 0.15) is 39.1 Å². The zero-order chi connectivity index (χ0) is 25.6. The van der Waals surface area contributed by atoms with Gasteiger partial charge in [-0.1, -0.05) is 0 Å². The zero-order valence-electron chi connectivity index (χ0n) is 19.5. The van der Waals surface area contributed by atoms with Crippen molar-refractivity contribution in [3.05, 3.63) is 53.4 Å². The number of carbonyl (C=O) groups is 1. The Morgan fingerprint density at radius 3 is 2.66 bits per heavy atom. The van der Waals surface area contributed by atoms with E-state index in [9.17, 15) is 17.8 Å². The maximum absolute atomic E-state index is 15.1. The number of ether oxygens (including phenoxy) is 1. The second kappa shape index (κ2) is 8.89. The van der Waals surface area contributed by atoms with Gasteiger partial charge in [0.25, 0.3) is 0 Å². The number of nitrogens with zero attached hydrogens (tertiary/aromatic N) is 4. The Bertz CT molecular complexity index is 1310. The number of Topliss-reactive ketones (excluding diaryl/α,β-unsaturated/α-hetero) is 1. The van der Waals surface area contributed by atoms with Crippen molar-refractivity contribution in [2.75, 3.05) is 6.54 Å². The van der Waals surface area contributed by atoms with E-state index in [4.69, 9.17) is 5.73 Å².